The third-order valence-electron chi connectivity index (χ3n) is 4.54. The van der Waals surface area contributed by atoms with E-state index in [2.05, 4.69) is 30.1 Å². The highest BCUT2D eigenvalue weighted by molar-refractivity contribution is 7.99. The zero-order chi connectivity index (χ0) is 19.0. The first-order chi connectivity index (χ1) is 13.1. The molecule has 0 atom stereocenters. The molecular weight excluding hydrogens is 354 g/mol. The third-order valence-corrected chi connectivity index (χ3v) is 5.53. The number of aromatic nitrogens is 4. The minimum Gasteiger partial charge on any atom is -0.310 e. The first kappa shape index (κ1) is 17.5. The zero-order valence-corrected chi connectivity index (χ0v) is 16.3. The Morgan fingerprint density at radius 1 is 1.19 bits per heavy atom. The Morgan fingerprint density at radius 2 is 2.04 bits per heavy atom. The van der Waals surface area contributed by atoms with Crippen molar-refractivity contribution in [3.63, 3.8) is 0 Å². The van der Waals surface area contributed by atoms with E-state index in [1.54, 1.807) is 11.8 Å². The van der Waals surface area contributed by atoms with Crippen LogP contribution in [0.15, 0.2) is 41.6 Å². The van der Waals surface area contributed by atoms with Crippen LogP contribution in [-0.4, -0.2) is 25.3 Å². The number of hydrogen-bond acceptors (Lipinski definition) is 5. The summed E-state index contributed by atoms with van der Waals surface area (Å²) in [6.45, 7) is 4.16. The molecule has 0 amide bonds. The second-order valence-electron chi connectivity index (χ2n) is 6.48. The Morgan fingerprint density at radius 3 is 2.81 bits per heavy atom. The molecule has 4 rings (SSSR count). The highest BCUT2D eigenvalue weighted by Gasteiger charge is 2.18. The molecule has 0 bridgehead atoms. The van der Waals surface area contributed by atoms with Crippen LogP contribution in [0.5, 0.6) is 0 Å². The predicted octanol–water partition coefficient (Wildman–Crippen LogP) is 4.67. The Balaban J connectivity index is 1.96. The van der Waals surface area contributed by atoms with Crippen LogP contribution in [0.1, 0.15) is 18.1 Å². The van der Waals surface area contributed by atoms with Gasteiger partial charge in [0.05, 0.1) is 12.5 Å². The van der Waals surface area contributed by atoms with Gasteiger partial charge in [0.1, 0.15) is 11.2 Å². The molecule has 0 aliphatic rings. The van der Waals surface area contributed by atoms with E-state index < -0.39 is 0 Å². The smallest absolute Gasteiger partial charge is 0.161 e. The van der Waals surface area contributed by atoms with Gasteiger partial charge in [0.15, 0.2) is 11.5 Å². The van der Waals surface area contributed by atoms with Crippen LogP contribution in [0.2, 0.25) is 0 Å². The number of thioether (sulfide) groups is 1. The maximum absolute atomic E-state index is 8.96. The van der Waals surface area contributed by atoms with E-state index in [0.717, 1.165) is 55.2 Å². The maximum atomic E-state index is 8.96. The second kappa shape index (κ2) is 7.01. The second-order valence-corrected chi connectivity index (χ2v) is 7.75. The minimum atomic E-state index is 0.406. The van der Waals surface area contributed by atoms with E-state index in [1.165, 1.54) is 0 Å². The van der Waals surface area contributed by atoms with Gasteiger partial charge >= 0.3 is 0 Å². The standard InChI is InChI=1S/C21H19N5S/c1-4-27-19-16-6-5-14(7-8-22)10-15(16)12-23-18(19)21-25-17-9-13(2)11-24-20(17)26(21)3/h5-6,9-12H,4,7H2,1-3H3. The van der Waals surface area contributed by atoms with Crippen molar-refractivity contribution in [1.29, 1.82) is 5.26 Å². The molecule has 1 aromatic carbocycles. The van der Waals surface area contributed by atoms with Crippen LogP contribution < -0.4 is 0 Å². The van der Waals surface area contributed by atoms with E-state index in [4.69, 9.17) is 15.2 Å². The van der Waals surface area contributed by atoms with Gasteiger partial charge in [-0.3, -0.25) is 4.98 Å². The quantitative estimate of drug-likeness (QED) is 0.486. The van der Waals surface area contributed by atoms with Gasteiger partial charge in [-0.25, -0.2) is 9.97 Å². The lowest BCUT2D eigenvalue weighted by atomic mass is 10.1. The molecule has 0 N–H and O–H groups in total. The largest absolute Gasteiger partial charge is 0.310 e. The molecule has 3 aromatic heterocycles. The topological polar surface area (TPSA) is 67.4 Å². The number of imidazole rings is 1. The lowest BCUT2D eigenvalue weighted by Crippen LogP contribution is -1.98. The number of nitrogens with zero attached hydrogens (tertiary/aromatic N) is 5. The van der Waals surface area contributed by atoms with Gasteiger partial charge in [0.25, 0.3) is 0 Å². The van der Waals surface area contributed by atoms with Gasteiger partial charge in [-0.1, -0.05) is 19.1 Å². The van der Waals surface area contributed by atoms with Gasteiger partial charge in [-0.05, 0) is 41.3 Å². The van der Waals surface area contributed by atoms with Crippen molar-refractivity contribution in [3.05, 3.63) is 47.8 Å². The fourth-order valence-electron chi connectivity index (χ4n) is 3.29. The lowest BCUT2D eigenvalue weighted by molar-refractivity contribution is 0.929. The molecule has 4 aromatic rings. The van der Waals surface area contributed by atoms with Gasteiger partial charge in [0, 0.05) is 29.7 Å². The van der Waals surface area contributed by atoms with Crippen molar-refractivity contribution in [2.75, 3.05) is 5.75 Å². The highest BCUT2D eigenvalue weighted by Crippen LogP contribution is 2.36. The summed E-state index contributed by atoms with van der Waals surface area (Å²) in [6, 6.07) is 10.4. The van der Waals surface area contributed by atoms with Crippen LogP contribution in [-0.2, 0) is 13.5 Å². The molecule has 0 unspecified atom stereocenters. The SMILES string of the molecule is CCSc1c(-c2nc3cc(C)cnc3n2C)ncc2cc(CC#N)ccc12. The summed E-state index contributed by atoms with van der Waals surface area (Å²) in [7, 11) is 1.98. The molecule has 0 radical (unpaired) electrons. The van der Waals surface area contributed by atoms with E-state index in [9.17, 15) is 0 Å². The van der Waals surface area contributed by atoms with Crippen molar-refractivity contribution < 1.29 is 0 Å². The van der Waals surface area contributed by atoms with Crippen molar-refractivity contribution in [1.82, 2.24) is 19.5 Å². The maximum Gasteiger partial charge on any atom is 0.161 e. The normalized spacial score (nSPS) is 11.2. The fourth-order valence-corrected chi connectivity index (χ4v) is 4.20. The lowest BCUT2D eigenvalue weighted by Gasteiger charge is -2.12. The Bertz CT molecular complexity index is 1200. The molecule has 27 heavy (non-hydrogen) atoms. The predicted molar refractivity (Wildman–Crippen MR) is 110 cm³/mol. The first-order valence-corrected chi connectivity index (χ1v) is 9.81. The molecule has 3 heterocycles. The van der Waals surface area contributed by atoms with Gasteiger partial charge < -0.3 is 4.57 Å². The van der Waals surface area contributed by atoms with Gasteiger partial charge in [0.2, 0.25) is 0 Å². The monoisotopic (exact) mass is 373 g/mol. The molecule has 0 spiro atoms. The summed E-state index contributed by atoms with van der Waals surface area (Å²) in [5.74, 6) is 1.76. The van der Waals surface area contributed by atoms with Crippen LogP contribution in [0.3, 0.4) is 0 Å². The highest BCUT2D eigenvalue weighted by atomic mass is 32.2. The molecule has 0 saturated heterocycles. The summed E-state index contributed by atoms with van der Waals surface area (Å²) < 4.78 is 2.01. The molecule has 0 saturated carbocycles. The fraction of sp³-hybridized carbons (Fsp3) is 0.238. The molecule has 0 fully saturated rings. The Kier molecular flexibility index (Phi) is 4.54. The number of pyridine rings is 2. The molecule has 0 aliphatic heterocycles. The number of hydrogen-bond donors (Lipinski definition) is 0. The third kappa shape index (κ3) is 3.04. The van der Waals surface area contributed by atoms with Crippen LogP contribution in [0.4, 0.5) is 0 Å². The van der Waals surface area contributed by atoms with Crippen LogP contribution >= 0.6 is 11.8 Å². The molecular formula is C21H19N5S. The van der Waals surface area contributed by atoms with E-state index in [1.807, 2.05) is 43.1 Å². The van der Waals surface area contributed by atoms with Gasteiger partial charge in [-0.15, -0.1) is 11.8 Å². The van der Waals surface area contributed by atoms with E-state index >= 15 is 0 Å². The molecule has 6 heteroatoms. The zero-order valence-electron chi connectivity index (χ0n) is 15.5. The molecule has 134 valence electrons. The van der Waals surface area contributed by atoms with Crippen LogP contribution in [0.25, 0.3) is 33.5 Å². The summed E-state index contributed by atoms with van der Waals surface area (Å²) in [5.41, 5.74) is 4.71. The Labute approximate surface area is 162 Å². The molecule has 5 nitrogen and oxygen atoms in total. The summed E-state index contributed by atoms with van der Waals surface area (Å²) in [5, 5.41) is 11.2. The number of rotatable bonds is 4. The summed E-state index contributed by atoms with van der Waals surface area (Å²) in [6.07, 6.45) is 4.15. The number of benzene rings is 1. The first-order valence-electron chi connectivity index (χ1n) is 8.83. The average Bonchev–Trinajstić information content (AvgIpc) is 2.98. The van der Waals surface area contributed by atoms with Crippen molar-refractivity contribution in [2.24, 2.45) is 7.05 Å². The van der Waals surface area contributed by atoms with Gasteiger partial charge in [-0.2, -0.15) is 5.26 Å². The Hall–Kier alpha value is -2.91. The minimum absolute atomic E-state index is 0.406. The van der Waals surface area contributed by atoms with Crippen molar-refractivity contribution in [2.45, 2.75) is 25.2 Å². The summed E-state index contributed by atoms with van der Waals surface area (Å²) in [4.78, 5) is 15.2. The molecule has 0 aliphatic carbocycles. The number of aryl methyl sites for hydroxylation is 2. The number of nitriles is 1. The van der Waals surface area contributed by atoms with Crippen LogP contribution in [0, 0.1) is 18.3 Å². The average molecular weight is 373 g/mol. The summed E-state index contributed by atoms with van der Waals surface area (Å²) >= 11 is 1.77. The van der Waals surface area contributed by atoms with E-state index in [-0.39, 0.29) is 0 Å². The van der Waals surface area contributed by atoms with Crippen molar-refractivity contribution in [3.8, 4) is 17.6 Å². The van der Waals surface area contributed by atoms with Crippen molar-refractivity contribution >= 4 is 33.7 Å². The number of fused-ring (bicyclic) bond motifs is 2. The van der Waals surface area contributed by atoms with E-state index in [0.29, 0.717) is 6.42 Å².